The van der Waals surface area contributed by atoms with E-state index < -0.39 is 29.9 Å². The van der Waals surface area contributed by atoms with Gasteiger partial charge in [-0.3, -0.25) is 10.1 Å². The lowest BCUT2D eigenvalue weighted by atomic mass is 9.96. The molecule has 186 valence electrons. The van der Waals surface area contributed by atoms with Crippen molar-refractivity contribution in [3.63, 3.8) is 0 Å². The van der Waals surface area contributed by atoms with Crippen molar-refractivity contribution in [3.05, 3.63) is 47.5 Å². The lowest BCUT2D eigenvalue weighted by Gasteiger charge is -2.20. The molecule has 0 aliphatic carbocycles. The second kappa shape index (κ2) is 10.1. The Kier molecular flexibility index (Phi) is 7.39. The Morgan fingerprint density at radius 2 is 1.86 bits per heavy atom. The van der Waals surface area contributed by atoms with E-state index in [9.17, 15) is 18.4 Å². The predicted molar refractivity (Wildman–Crippen MR) is 122 cm³/mol. The zero-order chi connectivity index (χ0) is 25.8. The van der Waals surface area contributed by atoms with Gasteiger partial charge in [0.25, 0.3) is 0 Å². The number of carbonyl (C=O) groups excluding carboxylic acids is 1. The molecular formula is C25H25F2NO7. The van der Waals surface area contributed by atoms with Crippen LogP contribution in [0.2, 0.25) is 0 Å². The third kappa shape index (κ3) is 7.24. The largest absolute Gasteiger partial charge is 0.586 e. The van der Waals surface area contributed by atoms with Crippen LogP contribution in [0.4, 0.5) is 19.3 Å². The minimum atomic E-state index is -3.86. The fourth-order valence-electron chi connectivity index (χ4n) is 3.28. The molecule has 0 aromatic heterocycles. The number of carboxylic acid groups (broad SMARTS) is 1. The summed E-state index contributed by atoms with van der Waals surface area (Å²) in [4.78, 5) is 23.2. The van der Waals surface area contributed by atoms with Crippen LogP contribution >= 0.6 is 0 Å². The number of hydrogen-bond donors (Lipinski definition) is 2. The fourth-order valence-corrected chi connectivity index (χ4v) is 3.28. The van der Waals surface area contributed by atoms with E-state index in [1.807, 2.05) is 0 Å². The van der Waals surface area contributed by atoms with Crippen molar-refractivity contribution in [2.24, 2.45) is 0 Å². The zero-order valence-corrected chi connectivity index (χ0v) is 19.6. The minimum absolute atomic E-state index is 0.143. The van der Waals surface area contributed by atoms with Crippen molar-refractivity contribution in [1.29, 1.82) is 0 Å². The molecule has 0 fully saturated rings. The highest BCUT2D eigenvalue weighted by molar-refractivity contribution is 5.86. The number of fused-ring (bicyclic) bond motifs is 1. The van der Waals surface area contributed by atoms with E-state index in [4.69, 9.17) is 14.6 Å². The summed E-state index contributed by atoms with van der Waals surface area (Å²) in [6.45, 7) is 6.52. The van der Waals surface area contributed by atoms with Crippen molar-refractivity contribution in [2.45, 2.75) is 58.5 Å². The van der Waals surface area contributed by atoms with Crippen LogP contribution in [-0.2, 0) is 16.1 Å². The molecular weight excluding hydrogens is 464 g/mol. The van der Waals surface area contributed by atoms with E-state index in [-0.39, 0.29) is 35.8 Å². The third-order valence-corrected chi connectivity index (χ3v) is 4.60. The van der Waals surface area contributed by atoms with Crippen molar-refractivity contribution in [2.75, 3.05) is 5.32 Å². The van der Waals surface area contributed by atoms with Crippen LogP contribution in [0, 0.1) is 11.8 Å². The normalized spacial score (nSPS) is 14.3. The Bertz CT molecular complexity index is 1160. The average molecular weight is 489 g/mol. The number of anilines is 1. The first-order chi connectivity index (χ1) is 16.3. The van der Waals surface area contributed by atoms with Gasteiger partial charge in [0.1, 0.15) is 18.0 Å². The summed E-state index contributed by atoms with van der Waals surface area (Å²) in [5.74, 6) is 4.08. The molecule has 0 spiro atoms. The highest BCUT2D eigenvalue weighted by Crippen LogP contribution is 2.45. The Labute approximate surface area is 201 Å². The number of ether oxygens (including phenoxy) is 4. The minimum Gasteiger partial charge on any atom is -0.489 e. The lowest BCUT2D eigenvalue weighted by Crippen LogP contribution is -2.27. The molecule has 10 heteroatoms. The first-order valence-electron chi connectivity index (χ1n) is 10.6. The average Bonchev–Trinajstić information content (AvgIpc) is 3.04. The third-order valence-electron chi connectivity index (χ3n) is 4.60. The molecule has 1 aliphatic rings. The molecule has 2 N–H and O–H groups in total. The van der Waals surface area contributed by atoms with Gasteiger partial charge >= 0.3 is 18.4 Å². The van der Waals surface area contributed by atoms with E-state index in [0.717, 1.165) is 0 Å². The zero-order valence-electron chi connectivity index (χ0n) is 19.6. The number of hydrogen-bond acceptors (Lipinski definition) is 6. The van der Waals surface area contributed by atoms with E-state index in [2.05, 4.69) is 26.6 Å². The molecule has 1 heterocycles. The van der Waals surface area contributed by atoms with Crippen molar-refractivity contribution < 1.29 is 42.4 Å². The molecule has 0 saturated carbocycles. The Balaban J connectivity index is 1.78. The second-order valence-electron chi connectivity index (χ2n) is 8.66. The number of aliphatic carboxylic acids is 1. The smallest absolute Gasteiger partial charge is 0.489 e. The quantitative estimate of drug-likeness (QED) is 0.494. The molecule has 35 heavy (non-hydrogen) atoms. The number of carboxylic acids is 1. The standard InChI is InChI=1S/C25H25F2NO7/c1-5-6-16(12-21(29)30)15-7-9-19(10-8-15)32-14-17-11-18(28-23(31)35-24(2,3)4)13-20-22(17)34-25(26,27)33-20/h7-11,13,16H,12,14H2,1-4H3,(H,28,31)(H,29,30). The van der Waals surface area contributed by atoms with Gasteiger partial charge in [-0.2, -0.15) is 0 Å². The Morgan fingerprint density at radius 3 is 2.46 bits per heavy atom. The summed E-state index contributed by atoms with van der Waals surface area (Å²) in [5.41, 5.74) is 0.311. The summed E-state index contributed by atoms with van der Waals surface area (Å²) >= 11 is 0. The number of carbonyl (C=O) groups is 2. The molecule has 8 nitrogen and oxygen atoms in total. The van der Waals surface area contributed by atoms with E-state index in [0.29, 0.717) is 11.3 Å². The molecule has 0 radical (unpaired) electrons. The summed E-state index contributed by atoms with van der Waals surface area (Å²) in [6.07, 6.45) is -4.77. The van der Waals surface area contributed by atoms with Gasteiger partial charge in [0.2, 0.25) is 0 Å². The summed E-state index contributed by atoms with van der Waals surface area (Å²) in [7, 11) is 0. The van der Waals surface area contributed by atoms with Gasteiger partial charge in [-0.25, -0.2) is 4.79 Å². The Morgan fingerprint density at radius 1 is 1.17 bits per heavy atom. The number of benzene rings is 2. The molecule has 1 atom stereocenters. The highest BCUT2D eigenvalue weighted by Gasteiger charge is 2.45. The topological polar surface area (TPSA) is 103 Å². The second-order valence-corrected chi connectivity index (χ2v) is 8.66. The number of nitrogens with one attached hydrogen (secondary N) is 1. The van der Waals surface area contributed by atoms with Crippen LogP contribution in [0.25, 0.3) is 0 Å². The number of amides is 1. The number of rotatable bonds is 7. The van der Waals surface area contributed by atoms with E-state index in [1.54, 1.807) is 52.0 Å². The maximum absolute atomic E-state index is 13.7. The molecule has 1 aliphatic heterocycles. The van der Waals surface area contributed by atoms with E-state index in [1.165, 1.54) is 12.1 Å². The van der Waals surface area contributed by atoms with Crippen molar-refractivity contribution in [1.82, 2.24) is 0 Å². The maximum atomic E-state index is 13.7. The van der Waals surface area contributed by atoms with Gasteiger partial charge in [-0.15, -0.1) is 14.7 Å². The summed E-state index contributed by atoms with van der Waals surface area (Å²) < 4.78 is 47.5. The first kappa shape index (κ1) is 25.6. The molecule has 0 saturated heterocycles. The molecule has 2 aromatic carbocycles. The number of alkyl halides is 2. The predicted octanol–water partition coefficient (Wildman–Crippen LogP) is 5.52. The van der Waals surface area contributed by atoms with Crippen molar-refractivity contribution in [3.8, 4) is 29.1 Å². The molecule has 0 bridgehead atoms. The van der Waals surface area contributed by atoms with Crippen LogP contribution in [0.3, 0.4) is 0 Å². The van der Waals surface area contributed by atoms with Crippen molar-refractivity contribution >= 4 is 17.7 Å². The molecule has 1 unspecified atom stereocenters. The first-order valence-corrected chi connectivity index (χ1v) is 10.6. The van der Waals surface area contributed by atoms with Gasteiger partial charge in [0.15, 0.2) is 11.5 Å². The molecule has 2 aromatic rings. The van der Waals surface area contributed by atoms with Gasteiger partial charge in [-0.1, -0.05) is 18.1 Å². The molecule has 1 amide bonds. The Hall–Kier alpha value is -4.00. The van der Waals surface area contributed by atoms with Crippen LogP contribution in [0.1, 0.15) is 51.2 Å². The van der Waals surface area contributed by atoms with Gasteiger partial charge in [0.05, 0.1) is 12.3 Å². The summed E-state index contributed by atoms with van der Waals surface area (Å²) in [5, 5.41) is 11.6. The fraction of sp³-hybridized carbons (Fsp3) is 0.360. The van der Waals surface area contributed by atoms with E-state index >= 15 is 0 Å². The van der Waals surface area contributed by atoms with Gasteiger partial charge in [-0.05, 0) is 51.5 Å². The monoisotopic (exact) mass is 489 g/mol. The van der Waals surface area contributed by atoms with Crippen LogP contribution in [-0.4, -0.2) is 29.1 Å². The van der Waals surface area contributed by atoms with Crippen LogP contribution in [0.15, 0.2) is 36.4 Å². The van der Waals surface area contributed by atoms with Crippen LogP contribution < -0.4 is 19.5 Å². The van der Waals surface area contributed by atoms with Gasteiger partial charge in [0, 0.05) is 17.3 Å². The van der Waals surface area contributed by atoms with Gasteiger partial charge < -0.3 is 24.1 Å². The SMILES string of the molecule is CC#CC(CC(=O)O)c1ccc(OCc2cc(NC(=O)OC(C)(C)C)cc3c2OC(F)(F)O3)cc1. The molecule has 3 rings (SSSR count). The summed E-state index contributed by atoms with van der Waals surface area (Å²) in [6, 6.07) is 9.24. The maximum Gasteiger partial charge on any atom is 0.586 e. The highest BCUT2D eigenvalue weighted by atomic mass is 19.3. The number of halogens is 2. The van der Waals surface area contributed by atoms with Crippen LogP contribution in [0.5, 0.6) is 17.2 Å². The lowest BCUT2D eigenvalue weighted by molar-refractivity contribution is -0.287.